The average molecular weight is 253 g/mol. The summed E-state index contributed by atoms with van der Waals surface area (Å²) in [6.07, 6.45) is 0.857. The van der Waals surface area contributed by atoms with Crippen LogP contribution in [-0.2, 0) is 5.75 Å². The molecule has 0 bridgehead atoms. The normalized spacial score (nSPS) is 13.1. The van der Waals surface area contributed by atoms with Gasteiger partial charge in [0.15, 0.2) is 0 Å². The van der Waals surface area contributed by atoms with Gasteiger partial charge < -0.3 is 5.11 Å². The van der Waals surface area contributed by atoms with Crippen LogP contribution in [0, 0.1) is 0 Å². The monoisotopic (exact) mass is 253 g/mol. The summed E-state index contributed by atoms with van der Waals surface area (Å²) < 4.78 is 1.26. The van der Waals surface area contributed by atoms with E-state index in [1.54, 1.807) is 11.3 Å². The van der Waals surface area contributed by atoms with E-state index in [9.17, 15) is 0 Å². The van der Waals surface area contributed by atoms with Gasteiger partial charge in [0, 0.05) is 17.6 Å². The van der Waals surface area contributed by atoms with Crippen LogP contribution >= 0.6 is 23.1 Å². The van der Waals surface area contributed by atoms with Gasteiger partial charge in [-0.25, -0.2) is 4.98 Å². The Morgan fingerprint density at radius 1 is 1.44 bits per heavy atom. The van der Waals surface area contributed by atoms with Gasteiger partial charge >= 0.3 is 0 Å². The van der Waals surface area contributed by atoms with Crippen LogP contribution in [0.4, 0.5) is 0 Å². The van der Waals surface area contributed by atoms with Crippen LogP contribution in [-0.4, -0.2) is 21.9 Å². The van der Waals surface area contributed by atoms with Crippen LogP contribution in [0.15, 0.2) is 24.3 Å². The SMILES string of the molecule is CC(CCO)SCc1nc2ccccc2s1. The third-order valence-electron chi connectivity index (χ3n) is 2.37. The first kappa shape index (κ1) is 11.9. The number of hydrogen-bond donors (Lipinski definition) is 1. The predicted molar refractivity (Wildman–Crippen MR) is 72.1 cm³/mol. The van der Waals surface area contributed by atoms with Crippen molar-refractivity contribution in [2.45, 2.75) is 24.3 Å². The van der Waals surface area contributed by atoms with Gasteiger partial charge in [-0.1, -0.05) is 19.1 Å². The first-order valence-corrected chi connectivity index (χ1v) is 7.23. The van der Waals surface area contributed by atoms with Gasteiger partial charge in [-0.2, -0.15) is 11.8 Å². The van der Waals surface area contributed by atoms with Crippen molar-refractivity contribution in [3.63, 3.8) is 0 Å². The lowest BCUT2D eigenvalue weighted by Crippen LogP contribution is -1.99. The number of nitrogens with zero attached hydrogens (tertiary/aromatic N) is 1. The largest absolute Gasteiger partial charge is 0.396 e. The number of rotatable bonds is 5. The number of aliphatic hydroxyl groups is 1. The van der Waals surface area contributed by atoms with E-state index in [0.717, 1.165) is 17.7 Å². The molecule has 2 aromatic rings. The first-order valence-electron chi connectivity index (χ1n) is 5.36. The maximum atomic E-state index is 8.82. The summed E-state index contributed by atoms with van der Waals surface area (Å²) >= 11 is 3.62. The fourth-order valence-corrected chi connectivity index (χ4v) is 3.43. The summed E-state index contributed by atoms with van der Waals surface area (Å²) in [7, 11) is 0. The van der Waals surface area contributed by atoms with E-state index in [2.05, 4.69) is 24.0 Å². The van der Waals surface area contributed by atoms with Crippen molar-refractivity contribution in [1.29, 1.82) is 0 Å². The maximum absolute atomic E-state index is 8.82. The summed E-state index contributed by atoms with van der Waals surface area (Å²) in [5.74, 6) is 0.945. The van der Waals surface area contributed by atoms with Crippen molar-refractivity contribution < 1.29 is 5.11 Å². The molecule has 2 rings (SSSR count). The molecule has 0 aliphatic rings. The van der Waals surface area contributed by atoms with Crippen molar-refractivity contribution in [3.8, 4) is 0 Å². The standard InChI is InChI=1S/C12H15NOS2/c1-9(6-7-14)15-8-12-13-10-4-2-3-5-11(10)16-12/h2-5,9,14H,6-8H2,1H3. The van der Waals surface area contributed by atoms with Crippen LogP contribution in [0.5, 0.6) is 0 Å². The number of aliphatic hydroxyl groups excluding tert-OH is 1. The molecule has 1 unspecified atom stereocenters. The minimum Gasteiger partial charge on any atom is -0.396 e. The molecule has 0 aliphatic heterocycles. The van der Waals surface area contributed by atoms with Crippen LogP contribution in [0.3, 0.4) is 0 Å². The van der Waals surface area contributed by atoms with E-state index in [0.29, 0.717) is 5.25 Å². The lowest BCUT2D eigenvalue weighted by molar-refractivity contribution is 0.289. The number of thiazole rings is 1. The summed E-state index contributed by atoms with van der Waals surface area (Å²) in [6, 6.07) is 8.23. The zero-order valence-electron chi connectivity index (χ0n) is 9.22. The Balaban J connectivity index is 1.99. The maximum Gasteiger partial charge on any atom is 0.104 e. The van der Waals surface area contributed by atoms with Gasteiger partial charge in [-0.3, -0.25) is 0 Å². The average Bonchev–Trinajstić information content (AvgIpc) is 2.69. The number of thioether (sulfide) groups is 1. The Morgan fingerprint density at radius 3 is 3.00 bits per heavy atom. The van der Waals surface area contributed by atoms with Crippen molar-refractivity contribution in [3.05, 3.63) is 29.3 Å². The van der Waals surface area contributed by atoms with Gasteiger partial charge in [0.2, 0.25) is 0 Å². The second kappa shape index (κ2) is 5.66. The zero-order valence-corrected chi connectivity index (χ0v) is 10.9. The quantitative estimate of drug-likeness (QED) is 0.887. The molecule has 1 aromatic heterocycles. The van der Waals surface area contributed by atoms with Crippen molar-refractivity contribution in [2.75, 3.05) is 6.61 Å². The molecule has 0 spiro atoms. The lowest BCUT2D eigenvalue weighted by Gasteiger charge is -2.06. The molecule has 4 heteroatoms. The third-order valence-corrected chi connectivity index (χ3v) is 4.83. The number of benzene rings is 1. The Labute approximate surface area is 104 Å². The fraction of sp³-hybridized carbons (Fsp3) is 0.417. The Bertz CT molecular complexity index is 422. The molecule has 0 saturated heterocycles. The van der Waals surface area contributed by atoms with Crippen LogP contribution in [0.1, 0.15) is 18.4 Å². The molecule has 0 fully saturated rings. The molecule has 1 N–H and O–H groups in total. The number of aromatic nitrogens is 1. The molecular weight excluding hydrogens is 238 g/mol. The molecule has 86 valence electrons. The molecule has 0 radical (unpaired) electrons. The van der Waals surface area contributed by atoms with E-state index < -0.39 is 0 Å². The van der Waals surface area contributed by atoms with Gasteiger partial charge in [0.1, 0.15) is 5.01 Å². The molecule has 1 heterocycles. The summed E-state index contributed by atoms with van der Waals surface area (Å²) in [5, 5.41) is 10.5. The molecule has 0 saturated carbocycles. The molecule has 2 nitrogen and oxygen atoms in total. The van der Waals surface area contributed by atoms with E-state index in [1.165, 1.54) is 9.71 Å². The Morgan fingerprint density at radius 2 is 2.25 bits per heavy atom. The minimum absolute atomic E-state index is 0.272. The van der Waals surface area contributed by atoms with Crippen LogP contribution < -0.4 is 0 Å². The fourth-order valence-electron chi connectivity index (χ4n) is 1.46. The highest BCUT2D eigenvalue weighted by Gasteiger charge is 2.06. The van der Waals surface area contributed by atoms with Crippen LogP contribution in [0.25, 0.3) is 10.2 Å². The summed E-state index contributed by atoms with van der Waals surface area (Å²) in [4.78, 5) is 4.58. The molecular formula is C12H15NOS2. The van der Waals surface area contributed by atoms with Crippen LogP contribution in [0.2, 0.25) is 0 Å². The first-order chi connectivity index (χ1) is 7.79. The third kappa shape index (κ3) is 2.97. The van der Waals surface area contributed by atoms with Gasteiger partial charge in [0.05, 0.1) is 10.2 Å². The number of hydrogen-bond acceptors (Lipinski definition) is 4. The van der Waals surface area contributed by atoms with E-state index in [4.69, 9.17) is 5.11 Å². The number of para-hydroxylation sites is 1. The minimum atomic E-state index is 0.272. The topological polar surface area (TPSA) is 33.1 Å². The highest BCUT2D eigenvalue weighted by Crippen LogP contribution is 2.26. The summed E-state index contributed by atoms with van der Waals surface area (Å²) in [6.45, 7) is 2.42. The number of fused-ring (bicyclic) bond motifs is 1. The zero-order chi connectivity index (χ0) is 11.4. The molecule has 1 atom stereocenters. The second-order valence-electron chi connectivity index (χ2n) is 3.71. The highest BCUT2D eigenvalue weighted by atomic mass is 32.2. The molecule has 0 aliphatic carbocycles. The van der Waals surface area contributed by atoms with E-state index >= 15 is 0 Å². The van der Waals surface area contributed by atoms with Crippen molar-refractivity contribution in [2.24, 2.45) is 0 Å². The second-order valence-corrected chi connectivity index (χ2v) is 6.25. The molecule has 0 amide bonds. The molecule has 16 heavy (non-hydrogen) atoms. The predicted octanol–water partition coefficient (Wildman–Crippen LogP) is 3.30. The van der Waals surface area contributed by atoms with Gasteiger partial charge in [0.25, 0.3) is 0 Å². The Hall–Kier alpha value is -0.580. The Kier molecular flexibility index (Phi) is 4.21. The summed E-state index contributed by atoms with van der Waals surface area (Å²) in [5.41, 5.74) is 1.10. The lowest BCUT2D eigenvalue weighted by atomic mass is 10.3. The van der Waals surface area contributed by atoms with Gasteiger partial charge in [-0.15, -0.1) is 11.3 Å². The van der Waals surface area contributed by atoms with Crippen molar-refractivity contribution >= 4 is 33.3 Å². The van der Waals surface area contributed by atoms with Crippen molar-refractivity contribution in [1.82, 2.24) is 4.98 Å². The highest BCUT2D eigenvalue weighted by molar-refractivity contribution is 7.99. The molecule has 1 aromatic carbocycles. The van der Waals surface area contributed by atoms with E-state index in [1.807, 2.05) is 23.9 Å². The smallest absolute Gasteiger partial charge is 0.104 e. The van der Waals surface area contributed by atoms with Gasteiger partial charge in [-0.05, 0) is 18.6 Å². The van der Waals surface area contributed by atoms with E-state index in [-0.39, 0.29) is 6.61 Å².